The fraction of sp³-hybridized carbons (Fsp3) is 0.727. The minimum Gasteiger partial charge on any atom is -0.381 e. The fourth-order valence-corrected chi connectivity index (χ4v) is 1.84. The molecule has 0 spiro atoms. The van der Waals surface area contributed by atoms with Crippen LogP contribution in [0.1, 0.15) is 26.7 Å². The monoisotopic (exact) mass is 208 g/mol. The number of carbonyl (C=O) groups excluding carboxylic acids is 1. The molecule has 4 heteroatoms. The molecular formula is C11H16N2O2. The summed E-state index contributed by atoms with van der Waals surface area (Å²) < 4.78 is 5.35. The smallest absolute Gasteiger partial charge is 0.256 e. The Bertz CT molecular complexity index is 331. The Balaban J connectivity index is 2.26. The van der Waals surface area contributed by atoms with Crippen molar-refractivity contribution in [2.24, 2.45) is 21.8 Å². The Morgan fingerprint density at radius 2 is 2.13 bits per heavy atom. The molecule has 0 aromatic heterocycles. The maximum absolute atomic E-state index is 11.8. The highest BCUT2D eigenvalue weighted by Crippen LogP contribution is 2.20. The quantitative estimate of drug-likeness (QED) is 0.654. The summed E-state index contributed by atoms with van der Waals surface area (Å²) in [7, 11) is 0. The van der Waals surface area contributed by atoms with Gasteiger partial charge in [-0.3, -0.25) is 4.79 Å². The SMILES string of the molecule is CC(C)C1=NC(=O)[C@@H]2CCOCCC2=N1. The minimum absolute atomic E-state index is 0.0331. The first-order valence-electron chi connectivity index (χ1n) is 5.46. The number of nitrogens with zero attached hydrogens (tertiary/aromatic N) is 2. The number of fused-ring (bicyclic) bond motifs is 1. The van der Waals surface area contributed by atoms with Crippen LogP contribution >= 0.6 is 0 Å². The first-order valence-corrected chi connectivity index (χ1v) is 5.46. The molecule has 2 rings (SSSR count). The Labute approximate surface area is 89.4 Å². The molecule has 2 heterocycles. The highest BCUT2D eigenvalue weighted by molar-refractivity contribution is 6.16. The molecule has 0 aliphatic carbocycles. The average molecular weight is 208 g/mol. The van der Waals surface area contributed by atoms with Crippen LogP contribution in [0.5, 0.6) is 0 Å². The van der Waals surface area contributed by atoms with Gasteiger partial charge >= 0.3 is 0 Å². The Kier molecular flexibility index (Phi) is 2.95. The van der Waals surface area contributed by atoms with Crippen molar-refractivity contribution >= 4 is 17.5 Å². The van der Waals surface area contributed by atoms with Crippen molar-refractivity contribution < 1.29 is 9.53 Å². The van der Waals surface area contributed by atoms with Crippen molar-refractivity contribution in [3.05, 3.63) is 0 Å². The van der Waals surface area contributed by atoms with E-state index in [9.17, 15) is 4.79 Å². The molecule has 2 aliphatic heterocycles. The summed E-state index contributed by atoms with van der Waals surface area (Å²) in [6, 6.07) is 0. The second-order valence-electron chi connectivity index (χ2n) is 4.27. The Morgan fingerprint density at radius 1 is 1.33 bits per heavy atom. The standard InChI is InChI=1S/C11H16N2O2/c1-7(2)10-12-9-4-6-15-5-3-8(9)11(14)13-10/h7-8H,3-6H2,1-2H3/t8-/m1/s1. The predicted molar refractivity (Wildman–Crippen MR) is 58.3 cm³/mol. The van der Waals surface area contributed by atoms with Crippen LogP contribution in [0.4, 0.5) is 0 Å². The molecule has 82 valence electrons. The molecule has 4 nitrogen and oxygen atoms in total. The molecule has 0 unspecified atom stereocenters. The van der Waals surface area contributed by atoms with Crippen LogP contribution in [0.25, 0.3) is 0 Å². The third-order valence-electron chi connectivity index (χ3n) is 2.75. The van der Waals surface area contributed by atoms with E-state index in [1.165, 1.54) is 0 Å². The van der Waals surface area contributed by atoms with Crippen LogP contribution in [0, 0.1) is 11.8 Å². The summed E-state index contributed by atoms with van der Waals surface area (Å²) in [5, 5.41) is 0. The van der Waals surface area contributed by atoms with Gasteiger partial charge in [0.25, 0.3) is 5.91 Å². The van der Waals surface area contributed by atoms with Gasteiger partial charge < -0.3 is 4.74 Å². The summed E-state index contributed by atoms with van der Waals surface area (Å²) >= 11 is 0. The number of amides is 1. The Hall–Kier alpha value is -1.03. The molecule has 15 heavy (non-hydrogen) atoms. The van der Waals surface area contributed by atoms with Crippen molar-refractivity contribution in [1.29, 1.82) is 0 Å². The van der Waals surface area contributed by atoms with E-state index in [2.05, 4.69) is 9.98 Å². The summed E-state index contributed by atoms with van der Waals surface area (Å²) in [5.74, 6) is 0.740. The van der Waals surface area contributed by atoms with Crippen LogP contribution in [0.2, 0.25) is 0 Å². The number of carbonyl (C=O) groups is 1. The predicted octanol–water partition coefficient (Wildman–Crippen LogP) is 1.45. The number of aliphatic imine (C=N–C) groups is 2. The molecule has 2 aliphatic rings. The average Bonchev–Trinajstić information content (AvgIpc) is 2.42. The zero-order chi connectivity index (χ0) is 10.8. The second kappa shape index (κ2) is 4.23. The fourth-order valence-electron chi connectivity index (χ4n) is 1.84. The topological polar surface area (TPSA) is 51.0 Å². The van der Waals surface area contributed by atoms with Gasteiger partial charge in [-0.15, -0.1) is 0 Å². The van der Waals surface area contributed by atoms with E-state index in [1.807, 2.05) is 13.8 Å². The molecule has 0 bridgehead atoms. The Morgan fingerprint density at radius 3 is 2.87 bits per heavy atom. The molecular weight excluding hydrogens is 192 g/mol. The highest BCUT2D eigenvalue weighted by atomic mass is 16.5. The summed E-state index contributed by atoms with van der Waals surface area (Å²) in [5.41, 5.74) is 0.969. The largest absolute Gasteiger partial charge is 0.381 e. The summed E-state index contributed by atoms with van der Waals surface area (Å²) in [6.45, 7) is 5.32. The van der Waals surface area contributed by atoms with Gasteiger partial charge in [-0.05, 0) is 6.42 Å². The zero-order valence-corrected chi connectivity index (χ0v) is 9.19. The van der Waals surface area contributed by atoms with Gasteiger partial charge in [0.05, 0.1) is 12.5 Å². The van der Waals surface area contributed by atoms with Crippen LogP contribution in [0.15, 0.2) is 9.98 Å². The van der Waals surface area contributed by atoms with Gasteiger partial charge in [0.1, 0.15) is 5.84 Å². The molecule has 0 aromatic carbocycles. The van der Waals surface area contributed by atoms with Crippen LogP contribution in [-0.4, -0.2) is 30.7 Å². The van der Waals surface area contributed by atoms with E-state index < -0.39 is 0 Å². The normalized spacial score (nSPS) is 26.9. The van der Waals surface area contributed by atoms with Gasteiger partial charge in [0.15, 0.2) is 0 Å². The number of rotatable bonds is 1. The van der Waals surface area contributed by atoms with E-state index in [1.54, 1.807) is 0 Å². The molecule has 1 amide bonds. The van der Waals surface area contributed by atoms with E-state index in [4.69, 9.17) is 4.74 Å². The first kappa shape index (κ1) is 10.5. The summed E-state index contributed by atoms with van der Waals surface area (Å²) in [4.78, 5) is 20.3. The number of hydrogen-bond acceptors (Lipinski definition) is 3. The molecule has 0 radical (unpaired) electrons. The van der Waals surface area contributed by atoms with Gasteiger partial charge in [-0.2, -0.15) is 4.99 Å². The second-order valence-corrected chi connectivity index (χ2v) is 4.27. The number of ether oxygens (including phenoxy) is 1. The van der Waals surface area contributed by atoms with Crippen LogP contribution < -0.4 is 0 Å². The van der Waals surface area contributed by atoms with Gasteiger partial charge in [-0.1, -0.05) is 13.8 Å². The molecule has 1 fully saturated rings. The van der Waals surface area contributed by atoms with E-state index >= 15 is 0 Å². The van der Waals surface area contributed by atoms with Crippen LogP contribution in [0.3, 0.4) is 0 Å². The van der Waals surface area contributed by atoms with Crippen molar-refractivity contribution in [3.63, 3.8) is 0 Å². The molecule has 0 saturated carbocycles. The van der Waals surface area contributed by atoms with Crippen LogP contribution in [-0.2, 0) is 9.53 Å². The lowest BCUT2D eigenvalue weighted by Crippen LogP contribution is -2.29. The van der Waals surface area contributed by atoms with Crippen molar-refractivity contribution in [2.75, 3.05) is 13.2 Å². The van der Waals surface area contributed by atoms with E-state index in [0.29, 0.717) is 19.0 Å². The van der Waals surface area contributed by atoms with Crippen molar-refractivity contribution in [3.8, 4) is 0 Å². The van der Waals surface area contributed by atoms with E-state index in [-0.39, 0.29) is 17.7 Å². The third kappa shape index (κ3) is 2.15. The minimum atomic E-state index is -0.116. The van der Waals surface area contributed by atoms with Gasteiger partial charge in [0.2, 0.25) is 0 Å². The molecule has 0 N–H and O–H groups in total. The van der Waals surface area contributed by atoms with Crippen molar-refractivity contribution in [2.45, 2.75) is 26.7 Å². The molecule has 1 saturated heterocycles. The lowest BCUT2D eigenvalue weighted by molar-refractivity contribution is -0.120. The van der Waals surface area contributed by atoms with Gasteiger partial charge in [-0.25, -0.2) is 4.99 Å². The number of amidine groups is 1. The van der Waals surface area contributed by atoms with E-state index in [0.717, 1.165) is 18.6 Å². The van der Waals surface area contributed by atoms with Gasteiger partial charge in [0, 0.05) is 24.7 Å². The van der Waals surface area contributed by atoms with Crippen molar-refractivity contribution in [1.82, 2.24) is 0 Å². The molecule has 1 atom stereocenters. The zero-order valence-electron chi connectivity index (χ0n) is 9.19. The lowest BCUT2D eigenvalue weighted by atomic mass is 9.95. The third-order valence-corrected chi connectivity index (χ3v) is 2.75. The maximum atomic E-state index is 11.8. The number of hydrogen-bond donors (Lipinski definition) is 0. The summed E-state index contributed by atoms with van der Waals surface area (Å²) in [6.07, 6.45) is 1.49. The highest BCUT2D eigenvalue weighted by Gasteiger charge is 2.30. The first-order chi connectivity index (χ1) is 7.18. The maximum Gasteiger partial charge on any atom is 0.256 e. The molecule has 0 aromatic rings. The lowest BCUT2D eigenvalue weighted by Gasteiger charge is -2.19.